The zero-order chi connectivity index (χ0) is 8.93. The largest absolute Gasteiger partial charge is 0.0622 e. The Kier molecular flexibility index (Phi) is 3.02. The van der Waals surface area contributed by atoms with Gasteiger partial charge < -0.3 is 0 Å². The second-order valence-electron chi connectivity index (χ2n) is 4.00. The van der Waals surface area contributed by atoms with E-state index in [2.05, 4.69) is 36.8 Å². The fraction of sp³-hybridized carbons (Fsp3) is 0.462. The Balaban J connectivity index is 1.79. The van der Waals surface area contributed by atoms with Crippen LogP contribution in [0.1, 0.15) is 37.7 Å². The topological polar surface area (TPSA) is 0 Å². The highest BCUT2D eigenvalue weighted by Gasteiger charge is 2.14. The molecule has 0 atom stereocenters. The fourth-order valence-corrected chi connectivity index (χ4v) is 2.14. The highest BCUT2D eigenvalue weighted by Crippen LogP contribution is 2.29. The van der Waals surface area contributed by atoms with Crippen LogP contribution in [-0.2, 0) is 0 Å². The zero-order valence-corrected chi connectivity index (χ0v) is 8.08. The van der Waals surface area contributed by atoms with Gasteiger partial charge in [0, 0.05) is 0 Å². The minimum Gasteiger partial charge on any atom is -0.0622 e. The normalized spacial score (nSPS) is 17.8. The summed E-state index contributed by atoms with van der Waals surface area (Å²) in [5, 5.41) is 0. The first-order chi connectivity index (χ1) is 6.45. The first-order valence-electron chi connectivity index (χ1n) is 5.33. The number of benzene rings is 1. The quantitative estimate of drug-likeness (QED) is 0.652. The third kappa shape index (κ3) is 2.58. The van der Waals surface area contributed by atoms with Crippen LogP contribution in [0.3, 0.4) is 0 Å². The van der Waals surface area contributed by atoms with Gasteiger partial charge in [0.25, 0.3) is 0 Å². The summed E-state index contributed by atoms with van der Waals surface area (Å²) < 4.78 is 0. The lowest BCUT2D eigenvalue weighted by molar-refractivity contribution is 0.544. The molecule has 1 aliphatic carbocycles. The Labute approximate surface area is 81.0 Å². The Morgan fingerprint density at radius 2 is 1.77 bits per heavy atom. The van der Waals surface area contributed by atoms with Crippen LogP contribution in [0.2, 0.25) is 0 Å². The van der Waals surface area contributed by atoms with Crippen LogP contribution in [-0.4, -0.2) is 0 Å². The minimum absolute atomic E-state index is 0.972. The molecule has 0 amide bonds. The first-order valence-corrected chi connectivity index (χ1v) is 5.33. The summed E-state index contributed by atoms with van der Waals surface area (Å²) in [5.41, 5.74) is 1.38. The summed E-state index contributed by atoms with van der Waals surface area (Å²) in [6, 6.07) is 10.7. The van der Waals surface area contributed by atoms with Gasteiger partial charge in [-0.05, 0) is 24.3 Å². The van der Waals surface area contributed by atoms with E-state index in [1.54, 1.807) is 0 Å². The highest BCUT2D eigenvalue weighted by molar-refractivity contribution is 5.22. The van der Waals surface area contributed by atoms with Crippen LogP contribution in [0.4, 0.5) is 0 Å². The number of hydrogen-bond donors (Lipinski definition) is 0. The van der Waals surface area contributed by atoms with E-state index < -0.39 is 0 Å². The number of hydrogen-bond acceptors (Lipinski definition) is 0. The summed E-state index contributed by atoms with van der Waals surface area (Å²) in [6.07, 6.45) is 9.47. The van der Waals surface area contributed by atoms with Crippen molar-refractivity contribution in [3.63, 3.8) is 0 Å². The van der Waals surface area contributed by atoms with E-state index in [4.69, 9.17) is 0 Å². The average molecular weight is 173 g/mol. The zero-order valence-electron chi connectivity index (χ0n) is 8.08. The monoisotopic (exact) mass is 173 g/mol. The molecule has 1 aromatic carbocycles. The van der Waals surface area contributed by atoms with Gasteiger partial charge in [-0.15, -0.1) is 0 Å². The molecule has 1 saturated carbocycles. The molecule has 1 aliphatic rings. The number of rotatable bonds is 3. The Morgan fingerprint density at radius 3 is 2.46 bits per heavy atom. The Morgan fingerprint density at radius 1 is 1.08 bits per heavy atom. The molecule has 0 bridgehead atoms. The maximum atomic E-state index is 2.38. The molecule has 1 fully saturated rings. The molecule has 0 unspecified atom stereocenters. The SMILES string of the molecule is [CH](CC1CCCC1)c1ccccc1. The predicted molar refractivity (Wildman–Crippen MR) is 56.4 cm³/mol. The molecule has 0 saturated heterocycles. The third-order valence-corrected chi connectivity index (χ3v) is 2.96. The first kappa shape index (κ1) is 8.80. The molecule has 0 heterocycles. The van der Waals surface area contributed by atoms with Gasteiger partial charge in [-0.2, -0.15) is 0 Å². The van der Waals surface area contributed by atoms with Gasteiger partial charge in [-0.1, -0.05) is 56.0 Å². The van der Waals surface area contributed by atoms with Crippen molar-refractivity contribution in [3.8, 4) is 0 Å². The fourth-order valence-electron chi connectivity index (χ4n) is 2.14. The van der Waals surface area contributed by atoms with Crippen molar-refractivity contribution in [2.75, 3.05) is 0 Å². The van der Waals surface area contributed by atoms with Crippen LogP contribution in [0.25, 0.3) is 0 Å². The minimum atomic E-state index is 0.972. The van der Waals surface area contributed by atoms with Gasteiger partial charge in [-0.25, -0.2) is 0 Å². The van der Waals surface area contributed by atoms with Crippen molar-refractivity contribution in [3.05, 3.63) is 42.3 Å². The molecule has 0 heteroatoms. The van der Waals surface area contributed by atoms with Crippen molar-refractivity contribution in [1.29, 1.82) is 0 Å². The molecular weight excluding hydrogens is 156 g/mol. The van der Waals surface area contributed by atoms with Crippen LogP contribution < -0.4 is 0 Å². The molecule has 69 valence electrons. The Bertz CT molecular complexity index is 231. The van der Waals surface area contributed by atoms with Gasteiger partial charge in [0.05, 0.1) is 0 Å². The second-order valence-corrected chi connectivity index (χ2v) is 4.00. The lowest BCUT2D eigenvalue weighted by Crippen LogP contribution is -1.93. The van der Waals surface area contributed by atoms with Crippen LogP contribution in [0, 0.1) is 12.3 Å². The molecule has 1 radical (unpaired) electrons. The van der Waals surface area contributed by atoms with Crippen molar-refractivity contribution in [2.24, 2.45) is 5.92 Å². The molecule has 0 aromatic heterocycles. The van der Waals surface area contributed by atoms with E-state index in [0.29, 0.717) is 0 Å². The Hall–Kier alpha value is -0.780. The lowest BCUT2D eigenvalue weighted by atomic mass is 9.98. The second kappa shape index (κ2) is 4.45. The molecule has 0 spiro atoms. The maximum Gasteiger partial charge on any atom is -0.00904 e. The van der Waals surface area contributed by atoms with E-state index in [0.717, 1.165) is 5.92 Å². The summed E-state index contributed by atoms with van der Waals surface area (Å²) in [7, 11) is 0. The molecule has 0 aliphatic heterocycles. The van der Waals surface area contributed by atoms with Gasteiger partial charge in [0.15, 0.2) is 0 Å². The summed E-state index contributed by atoms with van der Waals surface area (Å²) >= 11 is 0. The van der Waals surface area contributed by atoms with Crippen molar-refractivity contribution in [1.82, 2.24) is 0 Å². The van der Waals surface area contributed by atoms with Crippen LogP contribution in [0.5, 0.6) is 0 Å². The summed E-state index contributed by atoms with van der Waals surface area (Å²) in [6.45, 7) is 0. The maximum absolute atomic E-state index is 2.38. The van der Waals surface area contributed by atoms with E-state index in [9.17, 15) is 0 Å². The van der Waals surface area contributed by atoms with E-state index in [-0.39, 0.29) is 0 Å². The van der Waals surface area contributed by atoms with E-state index >= 15 is 0 Å². The smallest absolute Gasteiger partial charge is 0.00904 e. The van der Waals surface area contributed by atoms with Crippen LogP contribution >= 0.6 is 0 Å². The molecule has 0 N–H and O–H groups in total. The summed E-state index contributed by atoms with van der Waals surface area (Å²) in [4.78, 5) is 0. The van der Waals surface area contributed by atoms with E-state index in [1.807, 2.05) is 0 Å². The van der Waals surface area contributed by atoms with Crippen molar-refractivity contribution >= 4 is 0 Å². The molecular formula is C13H17. The van der Waals surface area contributed by atoms with Gasteiger partial charge in [0.2, 0.25) is 0 Å². The molecule has 1 aromatic rings. The highest BCUT2D eigenvalue weighted by atomic mass is 14.2. The predicted octanol–water partition coefficient (Wildman–Crippen LogP) is 3.82. The third-order valence-electron chi connectivity index (χ3n) is 2.96. The molecule has 0 nitrogen and oxygen atoms in total. The molecule has 2 rings (SSSR count). The van der Waals surface area contributed by atoms with E-state index in [1.165, 1.54) is 37.7 Å². The standard InChI is InChI=1S/C13H17/c1-2-6-12(7-3-1)10-11-13-8-4-5-9-13/h1-3,6-7,10,13H,4-5,8-9,11H2. The van der Waals surface area contributed by atoms with Gasteiger partial charge >= 0.3 is 0 Å². The van der Waals surface area contributed by atoms with Crippen LogP contribution in [0.15, 0.2) is 30.3 Å². The average Bonchev–Trinajstić information content (AvgIpc) is 2.69. The van der Waals surface area contributed by atoms with Crippen molar-refractivity contribution in [2.45, 2.75) is 32.1 Å². The van der Waals surface area contributed by atoms with Gasteiger partial charge in [-0.3, -0.25) is 0 Å². The molecule has 13 heavy (non-hydrogen) atoms. The van der Waals surface area contributed by atoms with Crippen molar-refractivity contribution < 1.29 is 0 Å². The lowest BCUT2D eigenvalue weighted by Gasteiger charge is -2.07. The van der Waals surface area contributed by atoms with Gasteiger partial charge in [0.1, 0.15) is 0 Å². The summed E-state index contributed by atoms with van der Waals surface area (Å²) in [5.74, 6) is 0.972.